The van der Waals surface area contributed by atoms with Crippen molar-refractivity contribution in [3.05, 3.63) is 106 Å². The van der Waals surface area contributed by atoms with Crippen molar-refractivity contribution in [1.29, 1.82) is 0 Å². The lowest BCUT2D eigenvalue weighted by Crippen LogP contribution is -2.54. The molecular weight excluding hydrogens is 833 g/mol. The van der Waals surface area contributed by atoms with Gasteiger partial charge in [-0.2, -0.15) is 0 Å². The molecule has 14 heteroatoms. The normalized spacial score (nSPS) is 20.2. The van der Waals surface area contributed by atoms with E-state index in [2.05, 4.69) is 56.5 Å². The number of β-amino-alcohol motifs (C(OH)–C–C–N with tert-alkyl or cyclic N) is 1. The number of likely N-dealkylation sites (tertiary alicyclic amines) is 2. The standard InChI is InChI=1S/C52H60N8O6/c1-33-8-12-38(53)30-43(33)48(62)54-34(2)40-14-11-36(41-6-4-5-7-42(40)41)10-9-35-18-24-57(25-19-35)32-52(66)22-28-59(29-23-52)50(64)37-20-26-58(27-21-37)39-13-15-44-46(31-39)56(3)51(65)60(44)45-16-17-47(61)55-49(45)63/h4-8,11-15,30-31,34-35,37,45,66H,16-29,32,53H2,1-3H3,(H,54,62)(H,55,61,63)/t34-,45?/m1/s1. The molecule has 5 aromatic rings. The average molecular weight is 893 g/mol. The maximum absolute atomic E-state index is 13.8. The van der Waals surface area contributed by atoms with E-state index in [1.54, 1.807) is 23.7 Å². The minimum atomic E-state index is -0.834. The third-order valence-corrected chi connectivity index (χ3v) is 14.6. The number of nitrogen functional groups attached to an aromatic ring is 1. The summed E-state index contributed by atoms with van der Waals surface area (Å²) in [7, 11) is 1.70. The van der Waals surface area contributed by atoms with Crippen molar-refractivity contribution in [2.24, 2.45) is 18.9 Å². The summed E-state index contributed by atoms with van der Waals surface area (Å²) in [4.78, 5) is 71.2. The number of benzene rings is 4. The van der Waals surface area contributed by atoms with Crippen molar-refractivity contribution < 1.29 is 24.3 Å². The van der Waals surface area contributed by atoms with Crippen LogP contribution in [-0.4, -0.2) is 99.1 Å². The smallest absolute Gasteiger partial charge is 0.329 e. The van der Waals surface area contributed by atoms with Crippen molar-refractivity contribution in [2.75, 3.05) is 56.4 Å². The van der Waals surface area contributed by atoms with E-state index in [1.807, 2.05) is 55.1 Å². The van der Waals surface area contributed by atoms with Gasteiger partial charge in [-0.1, -0.05) is 48.2 Å². The van der Waals surface area contributed by atoms with Crippen molar-refractivity contribution in [2.45, 2.75) is 82.9 Å². The van der Waals surface area contributed by atoms with Crippen LogP contribution >= 0.6 is 0 Å². The number of nitrogens with zero attached hydrogens (tertiary/aromatic N) is 5. The van der Waals surface area contributed by atoms with Crippen LogP contribution in [0.25, 0.3) is 21.8 Å². The predicted octanol–water partition coefficient (Wildman–Crippen LogP) is 5.19. The summed E-state index contributed by atoms with van der Waals surface area (Å²) >= 11 is 0. The number of aliphatic hydroxyl groups is 1. The molecule has 4 aromatic carbocycles. The molecule has 4 fully saturated rings. The van der Waals surface area contributed by atoms with Crippen LogP contribution in [0.2, 0.25) is 0 Å². The molecule has 5 heterocycles. The fourth-order valence-electron chi connectivity index (χ4n) is 10.6. The quantitative estimate of drug-likeness (QED) is 0.0930. The van der Waals surface area contributed by atoms with E-state index in [1.165, 1.54) is 4.57 Å². The van der Waals surface area contributed by atoms with Gasteiger partial charge in [0.25, 0.3) is 5.91 Å². The molecule has 0 aliphatic carbocycles. The summed E-state index contributed by atoms with van der Waals surface area (Å²) in [5, 5.41) is 19.4. The Morgan fingerprint density at radius 2 is 1.61 bits per heavy atom. The lowest BCUT2D eigenvalue weighted by atomic mass is 9.87. The zero-order chi connectivity index (χ0) is 46.3. The highest BCUT2D eigenvalue weighted by Gasteiger charge is 2.39. The number of imidazole rings is 1. The number of nitrogens with one attached hydrogen (secondary N) is 2. The van der Waals surface area contributed by atoms with Gasteiger partial charge in [0.1, 0.15) is 6.04 Å². The second-order valence-corrected chi connectivity index (χ2v) is 19.0. The number of piperidine rings is 4. The monoisotopic (exact) mass is 892 g/mol. The van der Waals surface area contributed by atoms with Crippen LogP contribution in [0, 0.1) is 30.6 Å². The lowest BCUT2D eigenvalue weighted by Gasteiger charge is -2.43. The van der Waals surface area contributed by atoms with Gasteiger partial charge < -0.3 is 30.9 Å². The molecule has 5 N–H and O–H groups in total. The van der Waals surface area contributed by atoms with Gasteiger partial charge in [0.2, 0.25) is 17.7 Å². The number of imide groups is 1. The third-order valence-electron chi connectivity index (χ3n) is 14.6. The van der Waals surface area contributed by atoms with Crippen LogP contribution in [0.15, 0.2) is 77.6 Å². The SMILES string of the molecule is Cc1ccc(N)cc1C(=O)N[C@H](C)c1ccc(C#CC2CCN(CC3(O)CCN(C(=O)C4CCN(c5ccc6c(c5)n(C)c(=O)n6C5CCC(=O)NC5=O)CC4)CC3)CC2)c2ccccc12. The third kappa shape index (κ3) is 9.06. The zero-order valence-electron chi connectivity index (χ0n) is 38.1. The van der Waals surface area contributed by atoms with Crippen molar-refractivity contribution in [1.82, 2.24) is 29.6 Å². The highest BCUT2D eigenvalue weighted by Crippen LogP contribution is 2.33. The van der Waals surface area contributed by atoms with E-state index in [0.29, 0.717) is 67.8 Å². The number of amides is 4. The van der Waals surface area contributed by atoms with Gasteiger partial charge in [-0.05, 0) is 130 Å². The fraction of sp³-hybridized carbons (Fsp3) is 0.442. The summed E-state index contributed by atoms with van der Waals surface area (Å²) in [6, 6.07) is 22.6. The fourth-order valence-corrected chi connectivity index (χ4v) is 10.6. The molecule has 14 nitrogen and oxygen atoms in total. The molecule has 4 amide bonds. The second kappa shape index (κ2) is 18.5. The molecule has 0 saturated carbocycles. The topological polar surface area (TPSA) is 175 Å². The van der Waals surface area contributed by atoms with Crippen molar-refractivity contribution >= 4 is 56.8 Å². The van der Waals surface area contributed by atoms with Crippen molar-refractivity contribution in [3.8, 4) is 11.8 Å². The Balaban J connectivity index is 0.742. The minimum Gasteiger partial charge on any atom is -0.399 e. The summed E-state index contributed by atoms with van der Waals surface area (Å²) in [5.74, 6) is 6.47. The number of hydrogen-bond donors (Lipinski definition) is 4. The molecule has 4 aliphatic rings. The molecule has 344 valence electrons. The highest BCUT2D eigenvalue weighted by atomic mass is 16.3. The Morgan fingerprint density at radius 3 is 2.33 bits per heavy atom. The van der Waals surface area contributed by atoms with Gasteiger partial charge in [-0.3, -0.25) is 33.6 Å². The van der Waals surface area contributed by atoms with E-state index in [9.17, 15) is 29.1 Å². The first-order valence-corrected chi connectivity index (χ1v) is 23.5. The van der Waals surface area contributed by atoms with E-state index < -0.39 is 17.6 Å². The number of carbonyl (C=O) groups excluding carboxylic acids is 4. The Labute approximate surface area is 385 Å². The molecule has 0 radical (unpaired) electrons. The Morgan fingerprint density at radius 1 is 0.879 bits per heavy atom. The van der Waals surface area contributed by atoms with Gasteiger partial charge in [-0.15, -0.1) is 0 Å². The largest absolute Gasteiger partial charge is 0.399 e. The molecular formula is C52H60N8O6. The highest BCUT2D eigenvalue weighted by molar-refractivity contribution is 6.00. The maximum atomic E-state index is 13.8. The molecule has 4 aliphatic heterocycles. The summed E-state index contributed by atoms with van der Waals surface area (Å²) in [6.45, 7) is 8.73. The Hall–Kier alpha value is -6.43. The van der Waals surface area contributed by atoms with Gasteiger partial charge in [0, 0.05) is 80.5 Å². The van der Waals surface area contributed by atoms with Gasteiger partial charge in [0.15, 0.2) is 0 Å². The molecule has 2 atom stereocenters. The Kier molecular flexibility index (Phi) is 12.5. The van der Waals surface area contributed by atoms with Gasteiger partial charge in [-0.25, -0.2) is 4.79 Å². The van der Waals surface area contributed by atoms with Crippen molar-refractivity contribution in [3.63, 3.8) is 0 Å². The molecule has 66 heavy (non-hydrogen) atoms. The van der Waals surface area contributed by atoms with Crippen LogP contribution in [0.3, 0.4) is 0 Å². The number of hydrogen-bond acceptors (Lipinski definition) is 9. The first kappa shape index (κ1) is 44.8. The maximum Gasteiger partial charge on any atom is 0.329 e. The lowest BCUT2D eigenvalue weighted by molar-refractivity contribution is -0.141. The predicted molar refractivity (Wildman–Crippen MR) is 256 cm³/mol. The number of aryl methyl sites for hydroxylation is 2. The summed E-state index contributed by atoms with van der Waals surface area (Å²) in [5.41, 5.74) is 11.2. The molecule has 1 unspecified atom stereocenters. The molecule has 0 bridgehead atoms. The van der Waals surface area contributed by atoms with Crippen LogP contribution in [0.4, 0.5) is 11.4 Å². The van der Waals surface area contributed by atoms with E-state index in [4.69, 9.17) is 5.73 Å². The Bertz CT molecular complexity index is 2830. The number of fused-ring (bicyclic) bond motifs is 2. The van der Waals surface area contributed by atoms with Crippen LogP contribution in [0.1, 0.15) is 97.4 Å². The molecule has 1 aromatic heterocycles. The zero-order valence-corrected chi connectivity index (χ0v) is 38.1. The average Bonchev–Trinajstić information content (AvgIpc) is 3.56. The van der Waals surface area contributed by atoms with Crippen LogP contribution < -0.4 is 27.0 Å². The van der Waals surface area contributed by atoms with Crippen LogP contribution in [-0.2, 0) is 21.4 Å². The van der Waals surface area contributed by atoms with E-state index in [0.717, 1.165) is 71.9 Å². The summed E-state index contributed by atoms with van der Waals surface area (Å²) in [6.07, 6.45) is 4.88. The molecule has 0 spiro atoms. The number of nitrogens with two attached hydrogens (primary N) is 1. The van der Waals surface area contributed by atoms with Gasteiger partial charge in [0.05, 0.1) is 22.7 Å². The second-order valence-electron chi connectivity index (χ2n) is 19.0. The molecule has 9 rings (SSSR count). The van der Waals surface area contributed by atoms with E-state index >= 15 is 0 Å². The number of carbonyl (C=O) groups is 4. The molecule has 4 saturated heterocycles. The van der Waals surface area contributed by atoms with Crippen LogP contribution in [0.5, 0.6) is 0 Å². The minimum absolute atomic E-state index is 0.0774. The summed E-state index contributed by atoms with van der Waals surface area (Å²) < 4.78 is 3.04. The number of aromatic nitrogens is 2. The number of anilines is 2. The first-order chi connectivity index (χ1) is 31.7. The van der Waals surface area contributed by atoms with E-state index in [-0.39, 0.29) is 54.1 Å². The first-order valence-electron chi connectivity index (χ1n) is 23.5. The number of rotatable bonds is 8. The van der Waals surface area contributed by atoms with Gasteiger partial charge >= 0.3 is 5.69 Å².